The van der Waals surface area contributed by atoms with Crippen LogP contribution in [0, 0.1) is 11.8 Å². The molecule has 0 aromatic heterocycles. The Labute approximate surface area is 153 Å². The van der Waals surface area contributed by atoms with Crippen molar-refractivity contribution >= 4 is 0 Å². The number of benzene rings is 2. The van der Waals surface area contributed by atoms with Gasteiger partial charge in [-0.15, -0.1) is 0 Å². The minimum atomic E-state index is 0.696. The van der Waals surface area contributed by atoms with E-state index in [1.54, 1.807) is 7.11 Å². The first-order valence-corrected chi connectivity index (χ1v) is 9.46. The van der Waals surface area contributed by atoms with E-state index in [-0.39, 0.29) is 0 Å². The summed E-state index contributed by atoms with van der Waals surface area (Å²) in [6.45, 7) is 7.64. The quantitative estimate of drug-likeness (QED) is 0.485. The van der Waals surface area contributed by atoms with E-state index in [0.29, 0.717) is 5.92 Å². The van der Waals surface area contributed by atoms with Crippen molar-refractivity contribution in [1.29, 1.82) is 0 Å². The first-order chi connectivity index (χ1) is 12.1. The first-order valence-electron chi connectivity index (χ1n) is 9.46. The van der Waals surface area contributed by atoms with Crippen LogP contribution < -0.4 is 9.47 Å². The van der Waals surface area contributed by atoms with E-state index in [0.717, 1.165) is 36.0 Å². The van der Waals surface area contributed by atoms with Crippen LogP contribution in [-0.2, 0) is 0 Å². The number of ether oxygens (including phenoxy) is 2. The normalized spacial score (nSPS) is 12.2. The summed E-state index contributed by atoms with van der Waals surface area (Å²) in [7, 11) is 1.69. The van der Waals surface area contributed by atoms with Crippen LogP contribution in [0.3, 0.4) is 0 Å². The lowest BCUT2D eigenvalue weighted by Gasteiger charge is -2.15. The summed E-state index contributed by atoms with van der Waals surface area (Å²) in [5, 5.41) is 0. The Hall–Kier alpha value is -1.96. The van der Waals surface area contributed by atoms with Gasteiger partial charge >= 0.3 is 0 Å². The van der Waals surface area contributed by atoms with E-state index in [2.05, 4.69) is 57.2 Å². The monoisotopic (exact) mass is 340 g/mol. The molecular formula is C23H32O2. The molecule has 0 radical (unpaired) electrons. The molecule has 0 bridgehead atoms. The minimum Gasteiger partial charge on any atom is -0.493 e. The highest BCUT2D eigenvalue weighted by Gasteiger charge is 2.09. The Kier molecular flexibility index (Phi) is 7.84. The second-order valence-electron chi connectivity index (χ2n) is 7.30. The van der Waals surface area contributed by atoms with Crippen molar-refractivity contribution in [3.05, 3.63) is 48.5 Å². The van der Waals surface area contributed by atoms with Crippen LogP contribution in [0.1, 0.15) is 46.5 Å². The molecule has 2 heteroatoms. The fourth-order valence-corrected chi connectivity index (χ4v) is 2.99. The van der Waals surface area contributed by atoms with Crippen molar-refractivity contribution in [2.75, 3.05) is 13.7 Å². The molecule has 2 nitrogen and oxygen atoms in total. The Morgan fingerprint density at radius 1 is 0.800 bits per heavy atom. The molecule has 0 spiro atoms. The Balaban J connectivity index is 1.92. The van der Waals surface area contributed by atoms with Gasteiger partial charge in [0.2, 0.25) is 0 Å². The van der Waals surface area contributed by atoms with Crippen LogP contribution in [0.25, 0.3) is 11.1 Å². The average Bonchev–Trinajstić information content (AvgIpc) is 2.62. The number of rotatable bonds is 10. The lowest BCUT2D eigenvalue weighted by molar-refractivity contribution is 0.262. The molecule has 0 saturated carbocycles. The minimum absolute atomic E-state index is 0.696. The molecule has 1 atom stereocenters. The van der Waals surface area contributed by atoms with Crippen LogP contribution in [0.4, 0.5) is 0 Å². The Morgan fingerprint density at radius 2 is 1.56 bits per heavy atom. The van der Waals surface area contributed by atoms with Gasteiger partial charge in [-0.2, -0.15) is 0 Å². The molecule has 0 aliphatic carbocycles. The molecule has 136 valence electrons. The third-order valence-corrected chi connectivity index (χ3v) is 4.62. The third kappa shape index (κ3) is 6.45. The first kappa shape index (κ1) is 19.4. The summed E-state index contributed by atoms with van der Waals surface area (Å²) in [6, 6.07) is 16.5. The molecule has 2 aromatic carbocycles. The molecule has 2 aromatic rings. The second-order valence-corrected chi connectivity index (χ2v) is 7.30. The second kappa shape index (κ2) is 10.1. The molecule has 0 amide bonds. The highest BCUT2D eigenvalue weighted by Crippen LogP contribution is 2.32. The summed E-state index contributed by atoms with van der Waals surface area (Å²) in [5.41, 5.74) is 2.35. The van der Waals surface area contributed by atoms with E-state index in [4.69, 9.17) is 9.47 Å². The van der Waals surface area contributed by atoms with Crippen LogP contribution in [0.15, 0.2) is 48.5 Å². The zero-order valence-electron chi connectivity index (χ0n) is 16.1. The molecule has 2 rings (SSSR count). The molecule has 0 saturated heterocycles. The fraction of sp³-hybridized carbons (Fsp3) is 0.478. The van der Waals surface area contributed by atoms with E-state index < -0.39 is 0 Å². The molecule has 0 fully saturated rings. The largest absolute Gasteiger partial charge is 0.493 e. The van der Waals surface area contributed by atoms with Gasteiger partial charge in [-0.3, -0.25) is 0 Å². The van der Waals surface area contributed by atoms with Gasteiger partial charge in [-0.05, 0) is 41.5 Å². The van der Waals surface area contributed by atoms with Gasteiger partial charge in [0.1, 0.15) is 0 Å². The molecule has 25 heavy (non-hydrogen) atoms. The van der Waals surface area contributed by atoms with Gasteiger partial charge in [0.15, 0.2) is 11.5 Å². The highest BCUT2D eigenvalue weighted by atomic mass is 16.5. The summed E-state index contributed by atoms with van der Waals surface area (Å²) >= 11 is 0. The third-order valence-electron chi connectivity index (χ3n) is 4.62. The van der Waals surface area contributed by atoms with Crippen molar-refractivity contribution in [3.8, 4) is 22.6 Å². The molecule has 0 N–H and O–H groups in total. The number of hydrogen-bond acceptors (Lipinski definition) is 2. The van der Waals surface area contributed by atoms with Crippen LogP contribution in [0.2, 0.25) is 0 Å². The van der Waals surface area contributed by atoms with Gasteiger partial charge in [0.05, 0.1) is 13.7 Å². The van der Waals surface area contributed by atoms with Crippen LogP contribution >= 0.6 is 0 Å². The van der Waals surface area contributed by atoms with Gasteiger partial charge in [-0.1, -0.05) is 76.4 Å². The SMILES string of the molecule is COc1ccc(-c2ccccc2)cc1OCCC(C)CCCC(C)C. The number of methoxy groups -OCH3 is 1. The maximum Gasteiger partial charge on any atom is 0.161 e. The van der Waals surface area contributed by atoms with Crippen molar-refractivity contribution in [1.82, 2.24) is 0 Å². The Bertz CT molecular complexity index is 619. The highest BCUT2D eigenvalue weighted by molar-refractivity contribution is 5.67. The van der Waals surface area contributed by atoms with Gasteiger partial charge in [0, 0.05) is 0 Å². The standard InChI is InChI=1S/C23H32O2/c1-18(2)9-8-10-19(3)15-16-25-23-17-21(13-14-22(23)24-4)20-11-6-5-7-12-20/h5-7,11-14,17-19H,8-10,15-16H2,1-4H3. The lowest BCUT2D eigenvalue weighted by Crippen LogP contribution is -2.05. The predicted octanol–water partition coefficient (Wildman–Crippen LogP) is 6.59. The zero-order chi connectivity index (χ0) is 18.1. The van der Waals surface area contributed by atoms with Gasteiger partial charge in [0.25, 0.3) is 0 Å². The molecule has 0 aliphatic rings. The van der Waals surface area contributed by atoms with Gasteiger partial charge < -0.3 is 9.47 Å². The van der Waals surface area contributed by atoms with Crippen molar-refractivity contribution in [3.63, 3.8) is 0 Å². The topological polar surface area (TPSA) is 18.5 Å². The summed E-state index contributed by atoms with van der Waals surface area (Å²) in [5.74, 6) is 3.13. The summed E-state index contributed by atoms with van der Waals surface area (Å²) in [6.07, 6.45) is 4.99. The van der Waals surface area contributed by atoms with Crippen LogP contribution in [0.5, 0.6) is 11.5 Å². The molecule has 0 heterocycles. The van der Waals surface area contributed by atoms with Gasteiger partial charge in [-0.25, -0.2) is 0 Å². The van der Waals surface area contributed by atoms with Crippen molar-refractivity contribution < 1.29 is 9.47 Å². The van der Waals surface area contributed by atoms with Crippen molar-refractivity contribution in [2.24, 2.45) is 11.8 Å². The molecular weight excluding hydrogens is 308 g/mol. The average molecular weight is 341 g/mol. The maximum absolute atomic E-state index is 6.06. The van der Waals surface area contributed by atoms with E-state index >= 15 is 0 Å². The molecule has 0 aliphatic heterocycles. The molecule has 1 unspecified atom stereocenters. The van der Waals surface area contributed by atoms with E-state index in [1.165, 1.54) is 24.8 Å². The predicted molar refractivity (Wildman–Crippen MR) is 106 cm³/mol. The number of hydrogen-bond donors (Lipinski definition) is 0. The van der Waals surface area contributed by atoms with E-state index in [1.807, 2.05) is 12.1 Å². The lowest BCUT2D eigenvalue weighted by atomic mass is 9.98. The van der Waals surface area contributed by atoms with Crippen molar-refractivity contribution in [2.45, 2.75) is 46.5 Å². The smallest absolute Gasteiger partial charge is 0.161 e. The summed E-state index contributed by atoms with van der Waals surface area (Å²) < 4.78 is 11.5. The van der Waals surface area contributed by atoms with Crippen LogP contribution in [-0.4, -0.2) is 13.7 Å². The summed E-state index contributed by atoms with van der Waals surface area (Å²) in [4.78, 5) is 0. The Morgan fingerprint density at radius 3 is 2.24 bits per heavy atom. The van der Waals surface area contributed by atoms with E-state index in [9.17, 15) is 0 Å². The maximum atomic E-state index is 6.06. The fourth-order valence-electron chi connectivity index (χ4n) is 2.99. The zero-order valence-corrected chi connectivity index (χ0v) is 16.1.